The fourth-order valence-corrected chi connectivity index (χ4v) is 1.45. The van der Waals surface area contributed by atoms with E-state index in [9.17, 15) is 4.79 Å². The summed E-state index contributed by atoms with van der Waals surface area (Å²) in [6, 6.07) is -0.310. The number of rotatable bonds is 1. The van der Waals surface area contributed by atoms with Crippen LogP contribution in [0.4, 0.5) is 0 Å². The Hall–Kier alpha value is -0.730. The second kappa shape index (κ2) is 4.21. The third-order valence-corrected chi connectivity index (χ3v) is 2.18. The molecule has 1 saturated carbocycles. The number of carbonyl (C=O) groups excluding carboxylic acids is 1. The topological polar surface area (TPSA) is 53.3 Å². The van der Waals surface area contributed by atoms with Crippen LogP contribution in [0, 0.1) is 5.53 Å². The molecule has 0 spiro atoms. The first kappa shape index (κ1) is 8.37. The maximum Gasteiger partial charge on any atom is 0.159 e. The van der Waals surface area contributed by atoms with Gasteiger partial charge in [-0.1, -0.05) is 19.3 Å². The summed E-state index contributed by atoms with van der Waals surface area (Å²) < 4.78 is 0. The largest absolute Gasteiger partial charge is 0.297 e. The normalized spacial score (nSPS) is 27.3. The van der Waals surface area contributed by atoms with Gasteiger partial charge in [-0.25, -0.2) is 5.53 Å². The molecule has 0 aromatic rings. The minimum atomic E-state index is -0.310. The van der Waals surface area contributed by atoms with E-state index in [-0.39, 0.29) is 11.8 Å². The summed E-state index contributed by atoms with van der Waals surface area (Å²) in [7, 11) is 0. The molecule has 0 amide bonds. The molecule has 0 saturated heterocycles. The molecule has 1 aliphatic carbocycles. The van der Waals surface area contributed by atoms with Gasteiger partial charge in [0.25, 0.3) is 0 Å². The number of hydrogen-bond acceptors (Lipinski definition) is 3. The molecule has 1 N–H and O–H groups in total. The van der Waals surface area contributed by atoms with Crippen LogP contribution in [0.2, 0.25) is 0 Å². The van der Waals surface area contributed by atoms with Crippen molar-refractivity contribution in [3.8, 4) is 0 Å². The van der Waals surface area contributed by atoms with Crippen LogP contribution in [0.25, 0.3) is 0 Å². The van der Waals surface area contributed by atoms with Crippen molar-refractivity contribution in [2.24, 2.45) is 5.11 Å². The molecule has 11 heavy (non-hydrogen) atoms. The highest BCUT2D eigenvalue weighted by atomic mass is 16.1. The van der Waals surface area contributed by atoms with Gasteiger partial charge >= 0.3 is 0 Å². The molecule has 0 aromatic carbocycles. The fraction of sp³-hybridized carbons (Fsp3) is 0.875. The average Bonchev–Trinajstić information content (AvgIpc) is 1.98. The first-order valence-electron chi connectivity index (χ1n) is 4.24. The fourth-order valence-electron chi connectivity index (χ4n) is 1.45. The van der Waals surface area contributed by atoms with E-state index in [2.05, 4.69) is 5.11 Å². The van der Waals surface area contributed by atoms with Gasteiger partial charge in [0, 0.05) is 6.42 Å². The first-order chi connectivity index (χ1) is 5.34. The Morgan fingerprint density at radius 3 is 2.73 bits per heavy atom. The van der Waals surface area contributed by atoms with E-state index in [0.717, 1.165) is 25.7 Å². The number of nitrogens with one attached hydrogen (secondary N) is 1. The molecule has 3 heteroatoms. The summed E-state index contributed by atoms with van der Waals surface area (Å²) in [5.41, 5.74) is 6.80. The van der Waals surface area contributed by atoms with E-state index in [1.165, 1.54) is 6.42 Å². The molecule has 0 aliphatic heterocycles. The second-order valence-electron chi connectivity index (χ2n) is 3.06. The molecule has 0 aromatic heterocycles. The van der Waals surface area contributed by atoms with Crippen molar-refractivity contribution in [2.75, 3.05) is 0 Å². The Balaban J connectivity index is 2.45. The van der Waals surface area contributed by atoms with Gasteiger partial charge < -0.3 is 0 Å². The standard InChI is InChI=1S/C8H14N2O/c9-10-7-5-3-1-2-4-6-8(7)11/h7,9H,1-6H2. The first-order valence-corrected chi connectivity index (χ1v) is 4.24. The van der Waals surface area contributed by atoms with Gasteiger partial charge in [-0.15, -0.1) is 0 Å². The lowest BCUT2D eigenvalue weighted by molar-refractivity contribution is -0.120. The number of ketones is 1. The van der Waals surface area contributed by atoms with Gasteiger partial charge in [0.05, 0.1) is 0 Å². The number of Topliss-reactive ketones (excluding diaryl/α,β-unsaturated/α-hetero) is 1. The zero-order valence-electron chi connectivity index (χ0n) is 6.68. The maximum absolute atomic E-state index is 11.2. The SMILES string of the molecule is N=NC1CCCCCCC1=O. The second-order valence-corrected chi connectivity index (χ2v) is 3.06. The van der Waals surface area contributed by atoms with Crippen LogP contribution in [0.5, 0.6) is 0 Å². The van der Waals surface area contributed by atoms with E-state index in [1.54, 1.807) is 0 Å². The molecule has 1 fully saturated rings. The minimum Gasteiger partial charge on any atom is -0.297 e. The Morgan fingerprint density at radius 2 is 2.00 bits per heavy atom. The van der Waals surface area contributed by atoms with Crippen molar-refractivity contribution in [1.29, 1.82) is 5.53 Å². The van der Waals surface area contributed by atoms with E-state index in [0.29, 0.717) is 6.42 Å². The van der Waals surface area contributed by atoms with Gasteiger partial charge in [-0.2, -0.15) is 5.11 Å². The van der Waals surface area contributed by atoms with Gasteiger partial charge in [0.1, 0.15) is 6.04 Å². The molecule has 0 heterocycles. The van der Waals surface area contributed by atoms with Gasteiger partial charge in [-0.05, 0) is 12.8 Å². The Kier molecular flexibility index (Phi) is 3.20. The highest BCUT2D eigenvalue weighted by Crippen LogP contribution is 2.16. The molecular formula is C8H14N2O. The zero-order chi connectivity index (χ0) is 8.10. The maximum atomic E-state index is 11.2. The Morgan fingerprint density at radius 1 is 1.27 bits per heavy atom. The molecule has 1 rings (SSSR count). The average molecular weight is 154 g/mol. The quantitative estimate of drug-likeness (QED) is 0.579. The Bertz CT molecular complexity index is 156. The highest BCUT2D eigenvalue weighted by Gasteiger charge is 2.17. The molecule has 1 aliphatic rings. The summed E-state index contributed by atoms with van der Waals surface area (Å²) in [6.07, 6.45) is 5.83. The van der Waals surface area contributed by atoms with E-state index < -0.39 is 0 Å². The van der Waals surface area contributed by atoms with E-state index in [4.69, 9.17) is 5.53 Å². The Labute approximate surface area is 66.7 Å². The van der Waals surface area contributed by atoms with Crippen LogP contribution in [-0.4, -0.2) is 11.8 Å². The third-order valence-electron chi connectivity index (χ3n) is 2.18. The van der Waals surface area contributed by atoms with Crippen LogP contribution < -0.4 is 0 Å². The monoisotopic (exact) mass is 154 g/mol. The zero-order valence-corrected chi connectivity index (χ0v) is 6.68. The molecule has 1 atom stereocenters. The summed E-state index contributed by atoms with van der Waals surface area (Å²) in [4.78, 5) is 11.2. The van der Waals surface area contributed by atoms with Crippen LogP contribution in [0.15, 0.2) is 5.11 Å². The van der Waals surface area contributed by atoms with Crippen molar-refractivity contribution in [2.45, 2.75) is 44.6 Å². The molecule has 1 unspecified atom stereocenters. The molecule has 0 radical (unpaired) electrons. The van der Waals surface area contributed by atoms with E-state index >= 15 is 0 Å². The summed E-state index contributed by atoms with van der Waals surface area (Å²) >= 11 is 0. The van der Waals surface area contributed by atoms with Crippen LogP contribution >= 0.6 is 0 Å². The smallest absolute Gasteiger partial charge is 0.159 e. The van der Waals surface area contributed by atoms with Crippen molar-refractivity contribution >= 4 is 5.78 Å². The van der Waals surface area contributed by atoms with Crippen molar-refractivity contribution in [3.63, 3.8) is 0 Å². The van der Waals surface area contributed by atoms with Crippen molar-refractivity contribution in [1.82, 2.24) is 0 Å². The van der Waals surface area contributed by atoms with Crippen LogP contribution in [0.3, 0.4) is 0 Å². The van der Waals surface area contributed by atoms with Crippen molar-refractivity contribution in [3.05, 3.63) is 0 Å². The number of nitrogens with zero attached hydrogens (tertiary/aromatic N) is 1. The predicted molar refractivity (Wildman–Crippen MR) is 41.6 cm³/mol. The molecule has 3 nitrogen and oxygen atoms in total. The minimum absolute atomic E-state index is 0.166. The summed E-state index contributed by atoms with van der Waals surface area (Å²) in [5.74, 6) is 0.166. The molecule has 0 bridgehead atoms. The summed E-state index contributed by atoms with van der Waals surface area (Å²) in [6.45, 7) is 0. The van der Waals surface area contributed by atoms with E-state index in [1.807, 2.05) is 0 Å². The van der Waals surface area contributed by atoms with Gasteiger partial charge in [0.2, 0.25) is 0 Å². The third kappa shape index (κ3) is 2.41. The van der Waals surface area contributed by atoms with Gasteiger partial charge in [0.15, 0.2) is 5.78 Å². The lowest BCUT2D eigenvalue weighted by Gasteiger charge is -2.12. The number of hydrogen-bond donors (Lipinski definition) is 1. The van der Waals surface area contributed by atoms with Crippen LogP contribution in [-0.2, 0) is 4.79 Å². The van der Waals surface area contributed by atoms with Gasteiger partial charge in [-0.3, -0.25) is 4.79 Å². The summed E-state index contributed by atoms with van der Waals surface area (Å²) in [5, 5.41) is 3.33. The lowest BCUT2D eigenvalue weighted by Crippen LogP contribution is -2.19. The lowest BCUT2D eigenvalue weighted by atomic mass is 9.96. The molecule has 62 valence electrons. The highest BCUT2D eigenvalue weighted by molar-refractivity contribution is 5.83. The number of carbonyl (C=O) groups is 1. The van der Waals surface area contributed by atoms with Crippen LogP contribution in [0.1, 0.15) is 38.5 Å². The molecular weight excluding hydrogens is 140 g/mol. The predicted octanol–water partition coefficient (Wildman–Crippen LogP) is 2.31. The van der Waals surface area contributed by atoms with Crippen molar-refractivity contribution < 1.29 is 4.79 Å².